The molecular formula is C44H80NO8P. The van der Waals surface area contributed by atoms with E-state index < -0.39 is 19.9 Å². The summed E-state index contributed by atoms with van der Waals surface area (Å²) in [6.45, 7) is 4.62. The Kier molecular flexibility index (Phi) is 31.1. The van der Waals surface area contributed by atoms with Gasteiger partial charge in [0.25, 0.3) is 7.82 Å². The zero-order chi connectivity index (χ0) is 39.6. The maximum absolute atomic E-state index is 12.6. The minimum Gasteiger partial charge on any atom is -0.756 e. The number of epoxide rings is 1. The van der Waals surface area contributed by atoms with Crippen LogP contribution < -0.4 is 4.89 Å². The maximum atomic E-state index is 12.6. The van der Waals surface area contributed by atoms with Crippen LogP contribution in [0.4, 0.5) is 0 Å². The molecule has 0 radical (unpaired) electrons. The van der Waals surface area contributed by atoms with Crippen molar-refractivity contribution in [1.29, 1.82) is 0 Å². The average Bonchev–Trinajstić information content (AvgIpc) is 3.87. The quantitative estimate of drug-likeness (QED) is 0.0116. The molecule has 0 spiro atoms. The van der Waals surface area contributed by atoms with Gasteiger partial charge in [0, 0.05) is 6.42 Å². The van der Waals surface area contributed by atoms with Crippen LogP contribution in [0.15, 0.2) is 48.8 Å². The number of likely N-dealkylation sites (N-methyl/N-ethyl adjacent to an activating group) is 1. The van der Waals surface area contributed by atoms with Crippen LogP contribution in [0.1, 0.15) is 162 Å². The van der Waals surface area contributed by atoms with Crippen LogP contribution in [0.5, 0.6) is 0 Å². The molecule has 1 rings (SSSR count). The predicted octanol–water partition coefficient (Wildman–Crippen LogP) is 11.1. The van der Waals surface area contributed by atoms with Crippen molar-refractivity contribution in [2.45, 2.75) is 180 Å². The second kappa shape index (κ2) is 33.4. The van der Waals surface area contributed by atoms with Gasteiger partial charge < -0.3 is 32.6 Å². The molecule has 0 aromatic heterocycles. The standard InChI is InChI=1S/C44H80NO8P/c1-6-8-10-11-12-13-14-15-16-19-22-25-28-32-37-49-39-41(40-51-54(47,48)50-38-36-45(3,4)5)52-44(46)35-31-27-24-21-18-17-20-23-26-30-34-43-42(53-43)33-29-9-7-2/h17,20-21,24,26,30,32,37,41-43H,6-16,18-19,22-23,25,27-29,31,33-36,38-40H2,1-5H3/b20-17-,24-21-,30-26-,37-32-. The summed E-state index contributed by atoms with van der Waals surface area (Å²) in [6, 6.07) is 0. The first-order chi connectivity index (χ1) is 26.1. The molecule has 0 aromatic rings. The fourth-order valence-electron chi connectivity index (χ4n) is 5.89. The van der Waals surface area contributed by atoms with Gasteiger partial charge in [-0.1, -0.05) is 140 Å². The van der Waals surface area contributed by atoms with Gasteiger partial charge in [-0.2, -0.15) is 0 Å². The molecule has 1 saturated heterocycles. The zero-order valence-corrected chi connectivity index (χ0v) is 36.0. The molecule has 0 N–H and O–H groups in total. The first-order valence-corrected chi connectivity index (χ1v) is 23.0. The number of hydrogen-bond donors (Lipinski definition) is 0. The zero-order valence-electron chi connectivity index (χ0n) is 35.1. The highest BCUT2D eigenvalue weighted by molar-refractivity contribution is 7.45. The van der Waals surface area contributed by atoms with E-state index >= 15 is 0 Å². The predicted molar refractivity (Wildman–Crippen MR) is 221 cm³/mol. The van der Waals surface area contributed by atoms with Gasteiger partial charge >= 0.3 is 5.97 Å². The number of rotatable bonds is 38. The van der Waals surface area contributed by atoms with E-state index in [0.29, 0.717) is 29.7 Å². The van der Waals surface area contributed by atoms with E-state index in [1.165, 1.54) is 96.3 Å². The summed E-state index contributed by atoms with van der Waals surface area (Å²) in [5.74, 6) is -0.414. The van der Waals surface area contributed by atoms with Crippen molar-refractivity contribution in [3.05, 3.63) is 48.8 Å². The lowest BCUT2D eigenvalue weighted by Gasteiger charge is -2.28. The molecule has 1 heterocycles. The van der Waals surface area contributed by atoms with Gasteiger partial charge in [-0.05, 0) is 57.4 Å². The number of carbonyl (C=O) groups excluding carboxylic acids is 1. The SMILES string of the molecule is CCCCCCCCCCCCCC/C=C\OCC(COP(=O)([O-])OCC[N+](C)(C)C)OC(=O)CCC/C=C\C/C=C\C/C=C\CC1OC1CCCCC. The third kappa shape index (κ3) is 33.6. The topological polar surface area (TPSA) is 107 Å². The van der Waals surface area contributed by atoms with Crippen molar-refractivity contribution in [2.24, 2.45) is 0 Å². The summed E-state index contributed by atoms with van der Waals surface area (Å²) >= 11 is 0. The van der Waals surface area contributed by atoms with E-state index in [4.69, 9.17) is 23.3 Å². The van der Waals surface area contributed by atoms with Crippen LogP contribution in [0.25, 0.3) is 0 Å². The first kappa shape index (κ1) is 50.3. The lowest BCUT2D eigenvalue weighted by molar-refractivity contribution is -0.870. The smallest absolute Gasteiger partial charge is 0.306 e. The Labute approximate surface area is 331 Å². The van der Waals surface area contributed by atoms with Crippen LogP contribution in [-0.2, 0) is 32.6 Å². The van der Waals surface area contributed by atoms with Gasteiger partial charge in [-0.15, -0.1) is 0 Å². The highest BCUT2D eigenvalue weighted by Gasteiger charge is 2.36. The van der Waals surface area contributed by atoms with Gasteiger partial charge in [-0.3, -0.25) is 9.36 Å². The molecular weight excluding hydrogens is 701 g/mol. The van der Waals surface area contributed by atoms with Gasteiger partial charge in [-0.25, -0.2) is 0 Å². The molecule has 0 aliphatic carbocycles. The molecule has 1 aliphatic heterocycles. The Bertz CT molecular complexity index is 1070. The molecule has 10 heteroatoms. The number of hydrogen-bond acceptors (Lipinski definition) is 8. The number of esters is 1. The van der Waals surface area contributed by atoms with Crippen molar-refractivity contribution in [2.75, 3.05) is 47.5 Å². The van der Waals surface area contributed by atoms with Crippen molar-refractivity contribution in [3.8, 4) is 0 Å². The molecule has 4 unspecified atom stereocenters. The van der Waals surface area contributed by atoms with Crippen LogP contribution in [0.3, 0.4) is 0 Å². The van der Waals surface area contributed by atoms with E-state index in [9.17, 15) is 14.3 Å². The number of quaternary nitrogens is 1. The Morgan fingerprint density at radius 1 is 0.704 bits per heavy atom. The van der Waals surface area contributed by atoms with Crippen LogP contribution in [-0.4, -0.2) is 76.3 Å². The third-order valence-corrected chi connectivity index (χ3v) is 10.3. The molecule has 1 fully saturated rings. The molecule has 0 aromatic carbocycles. The lowest BCUT2D eigenvalue weighted by atomic mass is 10.0. The van der Waals surface area contributed by atoms with Gasteiger partial charge in [0.15, 0.2) is 6.10 Å². The summed E-state index contributed by atoms with van der Waals surface area (Å²) in [7, 11) is 1.28. The molecule has 9 nitrogen and oxygen atoms in total. The highest BCUT2D eigenvalue weighted by atomic mass is 31.2. The summed E-state index contributed by atoms with van der Waals surface area (Å²) < 4.78 is 40.0. The van der Waals surface area contributed by atoms with E-state index in [2.05, 4.69) is 50.3 Å². The Morgan fingerprint density at radius 2 is 1.28 bits per heavy atom. The number of unbranched alkanes of at least 4 members (excludes halogenated alkanes) is 15. The number of phosphoric acid groups is 1. The number of nitrogens with zero attached hydrogens (tertiary/aromatic N) is 1. The minimum absolute atomic E-state index is 0.00330. The average molecular weight is 782 g/mol. The molecule has 0 bridgehead atoms. The van der Waals surface area contributed by atoms with Crippen molar-refractivity contribution >= 4 is 13.8 Å². The second-order valence-corrected chi connectivity index (χ2v) is 17.2. The number of allylic oxidation sites excluding steroid dienone is 6. The van der Waals surface area contributed by atoms with Crippen molar-refractivity contribution < 1.29 is 42.0 Å². The molecule has 54 heavy (non-hydrogen) atoms. The summed E-state index contributed by atoms with van der Waals surface area (Å²) in [6.07, 6.45) is 42.5. The van der Waals surface area contributed by atoms with E-state index in [1.807, 2.05) is 27.2 Å². The number of carbonyl (C=O) groups is 1. The van der Waals surface area contributed by atoms with E-state index in [-0.39, 0.29) is 26.2 Å². The third-order valence-electron chi connectivity index (χ3n) is 9.37. The molecule has 0 saturated carbocycles. The summed E-state index contributed by atoms with van der Waals surface area (Å²) in [5.41, 5.74) is 0. The highest BCUT2D eigenvalue weighted by Crippen LogP contribution is 2.38. The number of phosphoric ester groups is 1. The van der Waals surface area contributed by atoms with E-state index in [1.54, 1.807) is 6.26 Å². The fraction of sp³-hybridized carbons (Fsp3) is 0.795. The monoisotopic (exact) mass is 782 g/mol. The summed E-state index contributed by atoms with van der Waals surface area (Å²) in [4.78, 5) is 25.0. The molecule has 4 atom stereocenters. The van der Waals surface area contributed by atoms with Crippen LogP contribution in [0, 0.1) is 0 Å². The van der Waals surface area contributed by atoms with Crippen LogP contribution >= 0.6 is 7.82 Å². The number of ether oxygens (including phenoxy) is 3. The Morgan fingerprint density at radius 3 is 1.93 bits per heavy atom. The molecule has 314 valence electrons. The van der Waals surface area contributed by atoms with Gasteiger partial charge in [0.1, 0.15) is 19.8 Å². The summed E-state index contributed by atoms with van der Waals surface area (Å²) in [5, 5.41) is 0. The normalized spacial score (nSPS) is 18.0. The van der Waals surface area contributed by atoms with E-state index in [0.717, 1.165) is 38.5 Å². The fourth-order valence-corrected chi connectivity index (χ4v) is 6.62. The van der Waals surface area contributed by atoms with Crippen molar-refractivity contribution in [1.82, 2.24) is 0 Å². The van der Waals surface area contributed by atoms with Crippen LogP contribution in [0.2, 0.25) is 0 Å². The van der Waals surface area contributed by atoms with Gasteiger partial charge in [0.2, 0.25) is 0 Å². The second-order valence-electron chi connectivity index (χ2n) is 15.8. The molecule has 1 aliphatic rings. The Balaban J connectivity index is 2.30. The Hall–Kier alpha value is -1.74. The maximum Gasteiger partial charge on any atom is 0.306 e. The lowest BCUT2D eigenvalue weighted by Crippen LogP contribution is -2.37. The minimum atomic E-state index is -4.56. The largest absolute Gasteiger partial charge is 0.756 e. The van der Waals surface area contributed by atoms with Crippen molar-refractivity contribution in [3.63, 3.8) is 0 Å². The van der Waals surface area contributed by atoms with Gasteiger partial charge in [0.05, 0.1) is 46.2 Å². The molecule has 0 amide bonds. The first-order valence-electron chi connectivity index (χ1n) is 21.5.